The average Bonchev–Trinajstić information content (AvgIpc) is 3.65. The topological polar surface area (TPSA) is 91.0 Å². The zero-order valence-corrected chi connectivity index (χ0v) is 21.5. The first-order valence-electron chi connectivity index (χ1n) is 13.8. The summed E-state index contributed by atoms with van der Waals surface area (Å²) in [5.41, 5.74) is 2.48. The molecule has 2 aliphatic heterocycles. The predicted octanol–water partition coefficient (Wildman–Crippen LogP) is 4.01. The van der Waals surface area contributed by atoms with E-state index in [-0.39, 0.29) is 29.8 Å². The van der Waals surface area contributed by atoms with Crippen molar-refractivity contribution in [1.82, 2.24) is 15.3 Å². The molecule has 1 aromatic rings. The number of amides is 3. The van der Waals surface area contributed by atoms with Crippen LogP contribution in [-0.2, 0) is 20.9 Å². The van der Waals surface area contributed by atoms with E-state index in [0.29, 0.717) is 30.9 Å². The smallest absolute Gasteiger partial charge is 0.273 e. The minimum atomic E-state index is -0.279. The van der Waals surface area contributed by atoms with Gasteiger partial charge in [-0.05, 0) is 76.0 Å². The van der Waals surface area contributed by atoms with Gasteiger partial charge in [-0.15, -0.1) is 0 Å². The van der Waals surface area contributed by atoms with Gasteiger partial charge in [-0.2, -0.15) is 5.01 Å². The summed E-state index contributed by atoms with van der Waals surface area (Å²) >= 11 is 0. The Labute approximate surface area is 214 Å². The highest BCUT2D eigenvalue weighted by Gasteiger charge is 2.42. The number of hydrogen-bond donors (Lipinski definition) is 2. The van der Waals surface area contributed by atoms with Crippen molar-refractivity contribution in [3.8, 4) is 0 Å². The number of benzene rings is 1. The monoisotopic (exact) mass is 496 g/mol. The van der Waals surface area contributed by atoms with Crippen LogP contribution in [0.2, 0.25) is 0 Å². The normalized spacial score (nSPS) is 26.5. The zero-order chi connectivity index (χ0) is 25.1. The van der Waals surface area contributed by atoms with Crippen LogP contribution in [0.5, 0.6) is 0 Å². The Morgan fingerprint density at radius 1 is 1.06 bits per heavy atom. The number of rotatable bonds is 11. The molecule has 3 amide bonds. The van der Waals surface area contributed by atoms with Crippen LogP contribution in [0.4, 0.5) is 5.69 Å². The maximum absolute atomic E-state index is 13.3. The van der Waals surface area contributed by atoms with Crippen molar-refractivity contribution in [2.45, 2.75) is 95.2 Å². The summed E-state index contributed by atoms with van der Waals surface area (Å²) in [6.07, 6.45) is 11.7. The molecule has 2 N–H and O–H groups in total. The summed E-state index contributed by atoms with van der Waals surface area (Å²) in [5.74, 6) is 0.0507. The molecule has 2 aliphatic carbocycles. The van der Waals surface area contributed by atoms with E-state index in [1.165, 1.54) is 24.3 Å². The number of ether oxygens (including phenoxy) is 1. The minimum absolute atomic E-state index is 0.00958. The van der Waals surface area contributed by atoms with Gasteiger partial charge < -0.3 is 15.4 Å². The molecule has 2 saturated carbocycles. The number of nitrogens with one attached hydrogen (secondary N) is 2. The Balaban J connectivity index is 1.30. The molecule has 3 fully saturated rings. The highest BCUT2D eigenvalue weighted by molar-refractivity contribution is 6.05. The molecule has 1 saturated heterocycles. The van der Waals surface area contributed by atoms with Crippen molar-refractivity contribution < 1.29 is 19.1 Å². The molecule has 0 bridgehead atoms. The van der Waals surface area contributed by atoms with Crippen molar-refractivity contribution in [3.63, 3.8) is 0 Å². The number of hydrazine groups is 1. The van der Waals surface area contributed by atoms with Crippen molar-refractivity contribution in [3.05, 3.63) is 29.3 Å². The third-order valence-corrected chi connectivity index (χ3v) is 8.47. The molecular formula is C28H40N4O4. The van der Waals surface area contributed by atoms with Crippen LogP contribution in [0.3, 0.4) is 0 Å². The van der Waals surface area contributed by atoms with Crippen LogP contribution in [0.15, 0.2) is 18.2 Å². The Morgan fingerprint density at radius 2 is 1.81 bits per heavy atom. The molecule has 1 aromatic carbocycles. The lowest BCUT2D eigenvalue weighted by atomic mass is 9.75. The summed E-state index contributed by atoms with van der Waals surface area (Å²) in [7, 11) is 1.75. The first-order valence-corrected chi connectivity index (χ1v) is 13.8. The van der Waals surface area contributed by atoms with E-state index >= 15 is 0 Å². The highest BCUT2D eigenvalue weighted by Crippen LogP contribution is 2.42. The predicted molar refractivity (Wildman–Crippen MR) is 137 cm³/mol. The van der Waals surface area contributed by atoms with Gasteiger partial charge in [0.25, 0.3) is 5.91 Å². The second kappa shape index (κ2) is 10.9. The fraction of sp³-hybridized carbons (Fsp3) is 0.679. The van der Waals surface area contributed by atoms with Gasteiger partial charge in [0.2, 0.25) is 11.8 Å². The van der Waals surface area contributed by atoms with E-state index in [1.54, 1.807) is 7.11 Å². The van der Waals surface area contributed by atoms with Gasteiger partial charge >= 0.3 is 0 Å². The minimum Gasteiger partial charge on any atom is -0.385 e. The van der Waals surface area contributed by atoms with E-state index in [2.05, 4.69) is 16.7 Å². The van der Waals surface area contributed by atoms with Crippen LogP contribution in [0.1, 0.15) is 93.0 Å². The SMILES string of the molecule is COCCCNC1CCC(CCC2CC2)(Nc2cccc3c2CN(N2C(=O)CCCC2=O)C3=O)CC1. The molecule has 0 atom stereocenters. The molecule has 2 heterocycles. The number of hydrogen-bond acceptors (Lipinski definition) is 6. The molecular weight excluding hydrogens is 456 g/mol. The number of anilines is 1. The van der Waals surface area contributed by atoms with Crippen LogP contribution < -0.4 is 10.6 Å². The lowest BCUT2D eigenvalue weighted by Gasteiger charge is -2.43. The number of carbonyl (C=O) groups is 3. The maximum Gasteiger partial charge on any atom is 0.273 e. The van der Waals surface area contributed by atoms with Gasteiger partial charge in [0.15, 0.2) is 0 Å². The van der Waals surface area contributed by atoms with Gasteiger partial charge in [-0.25, -0.2) is 5.01 Å². The third kappa shape index (κ3) is 5.44. The summed E-state index contributed by atoms with van der Waals surface area (Å²) in [6, 6.07) is 6.33. The van der Waals surface area contributed by atoms with Crippen LogP contribution in [0, 0.1) is 5.92 Å². The van der Waals surface area contributed by atoms with Gasteiger partial charge in [-0.1, -0.05) is 18.9 Å². The molecule has 0 aromatic heterocycles. The Morgan fingerprint density at radius 3 is 2.50 bits per heavy atom. The Hall–Kier alpha value is -2.45. The highest BCUT2D eigenvalue weighted by atomic mass is 16.5. The molecule has 8 nitrogen and oxygen atoms in total. The van der Waals surface area contributed by atoms with Gasteiger partial charge in [0.1, 0.15) is 0 Å². The first-order chi connectivity index (χ1) is 17.5. The van der Waals surface area contributed by atoms with Gasteiger partial charge in [-0.3, -0.25) is 14.4 Å². The summed E-state index contributed by atoms with van der Waals surface area (Å²) < 4.78 is 5.18. The van der Waals surface area contributed by atoms with Crippen LogP contribution in [0.25, 0.3) is 0 Å². The number of fused-ring (bicyclic) bond motifs is 1. The third-order valence-electron chi connectivity index (χ3n) is 8.47. The van der Waals surface area contributed by atoms with E-state index in [4.69, 9.17) is 4.74 Å². The molecule has 4 aliphatic rings. The van der Waals surface area contributed by atoms with Crippen molar-refractivity contribution in [1.29, 1.82) is 0 Å². The quantitative estimate of drug-likeness (QED) is 0.355. The van der Waals surface area contributed by atoms with E-state index in [0.717, 1.165) is 73.9 Å². The average molecular weight is 497 g/mol. The lowest BCUT2D eigenvalue weighted by Crippen LogP contribution is -2.52. The van der Waals surface area contributed by atoms with Crippen molar-refractivity contribution in [2.24, 2.45) is 5.92 Å². The Bertz CT molecular complexity index is 968. The Kier molecular flexibility index (Phi) is 7.62. The largest absolute Gasteiger partial charge is 0.385 e. The van der Waals surface area contributed by atoms with E-state index < -0.39 is 0 Å². The van der Waals surface area contributed by atoms with Gasteiger partial charge in [0.05, 0.1) is 6.54 Å². The van der Waals surface area contributed by atoms with Crippen molar-refractivity contribution in [2.75, 3.05) is 25.6 Å². The molecule has 36 heavy (non-hydrogen) atoms. The number of nitrogens with zero attached hydrogens (tertiary/aromatic N) is 2. The second-order valence-electron chi connectivity index (χ2n) is 11.1. The zero-order valence-electron chi connectivity index (χ0n) is 21.5. The molecule has 0 spiro atoms. The molecule has 0 radical (unpaired) electrons. The number of methoxy groups -OCH3 is 1. The van der Waals surface area contributed by atoms with E-state index in [1.807, 2.05) is 12.1 Å². The fourth-order valence-electron chi connectivity index (χ4n) is 6.12. The summed E-state index contributed by atoms with van der Waals surface area (Å²) in [6.45, 7) is 2.03. The summed E-state index contributed by atoms with van der Waals surface area (Å²) in [4.78, 5) is 38.3. The van der Waals surface area contributed by atoms with Gasteiger partial charge in [0, 0.05) is 55.0 Å². The van der Waals surface area contributed by atoms with Crippen LogP contribution >= 0.6 is 0 Å². The van der Waals surface area contributed by atoms with E-state index in [9.17, 15) is 14.4 Å². The lowest BCUT2D eigenvalue weighted by molar-refractivity contribution is -0.163. The standard InChI is InChI=1S/C28H40N4O4/c1-36-18-4-17-29-21-12-15-28(16-13-21,14-11-20-9-10-20)30-24-6-2-5-22-23(24)19-31(27(22)35)32-25(33)7-3-8-26(32)34/h2,5-6,20-21,29-30H,3-4,7-19H2,1H3. The number of imide groups is 1. The first kappa shape index (κ1) is 25.2. The van der Waals surface area contributed by atoms with Crippen LogP contribution in [-0.4, -0.2) is 59.6 Å². The maximum atomic E-state index is 13.3. The second-order valence-corrected chi connectivity index (χ2v) is 11.1. The van der Waals surface area contributed by atoms with Crippen molar-refractivity contribution >= 4 is 23.4 Å². The molecule has 196 valence electrons. The number of carbonyl (C=O) groups excluding carboxylic acids is 3. The molecule has 8 heteroatoms. The number of piperidine rings is 1. The fourth-order valence-corrected chi connectivity index (χ4v) is 6.12. The molecule has 5 rings (SSSR count). The molecule has 0 unspecified atom stereocenters. The summed E-state index contributed by atoms with van der Waals surface area (Å²) in [5, 5.41) is 10.1.